The Labute approximate surface area is 691 Å². The van der Waals surface area contributed by atoms with Crippen molar-refractivity contribution in [2.45, 2.75) is 188 Å². The van der Waals surface area contributed by atoms with Gasteiger partial charge in [-0.1, -0.05) is 42.5 Å². The molecule has 0 bridgehead atoms. The fraction of sp³-hybridized carbons (Fsp3) is 0.529. The fourth-order valence-electron chi connectivity index (χ4n) is 10.3. The molecule has 0 heterocycles. The quantitative estimate of drug-likeness (QED) is 0.0127. The Kier molecular flexibility index (Phi) is 45.5. The van der Waals surface area contributed by atoms with Gasteiger partial charge in [0.05, 0.1) is 31.2 Å². The van der Waals surface area contributed by atoms with Crippen LogP contribution in [0.25, 0.3) is 0 Å². The van der Waals surface area contributed by atoms with E-state index < -0.39 is 284 Å². The molecule has 0 aliphatic rings. The van der Waals surface area contributed by atoms with Crippen molar-refractivity contribution < 1.29 is 117 Å². The van der Waals surface area contributed by atoms with Crippen LogP contribution in [0.4, 0.5) is 0 Å². The van der Waals surface area contributed by atoms with Crippen molar-refractivity contribution >= 4 is 169 Å². The predicted octanol–water partition coefficient (Wildman–Crippen LogP) is -11.0. The highest BCUT2D eigenvalue weighted by molar-refractivity contribution is 7.80. The molecular weight excluding hydrogens is 1620 g/mol. The molecule has 0 saturated carbocycles. The maximum atomic E-state index is 14.5. The van der Waals surface area contributed by atoms with Gasteiger partial charge in [-0.3, -0.25) is 96.5 Å². The summed E-state index contributed by atoms with van der Waals surface area (Å²) < 4.78 is 0. The molecule has 17 amide bonds. The van der Waals surface area contributed by atoms with Crippen molar-refractivity contribution in [1.82, 2.24) is 79.8 Å². The number of primary amides is 3. The highest BCUT2D eigenvalue weighted by Crippen LogP contribution is 2.14. The number of phenols is 1. The van der Waals surface area contributed by atoms with Gasteiger partial charge in [-0.2, -0.15) is 50.5 Å². The highest BCUT2D eigenvalue weighted by Gasteiger charge is 2.39. The van der Waals surface area contributed by atoms with Crippen LogP contribution >= 0.6 is 50.5 Å². The fourth-order valence-corrected chi connectivity index (χ4v) is 11.4. The number of hydrogen-bond acceptors (Lipinski definition) is 28. The number of carbonyl (C=O) groups excluding carboxylic acids is 17. The van der Waals surface area contributed by atoms with Crippen molar-refractivity contribution in [3.63, 3.8) is 0 Å². The molecule has 117 heavy (non-hydrogen) atoms. The molecule has 0 radical (unpaired) electrons. The third-order valence-corrected chi connectivity index (χ3v) is 18.2. The molecule has 31 N–H and O–H groups in total. The Morgan fingerprint density at radius 2 is 0.735 bits per heavy atom. The first-order valence-electron chi connectivity index (χ1n) is 35.9. The zero-order valence-electron chi connectivity index (χ0n) is 63.6. The van der Waals surface area contributed by atoms with E-state index in [0.717, 1.165) is 20.8 Å². The van der Waals surface area contributed by atoms with Crippen molar-refractivity contribution in [2.24, 2.45) is 28.7 Å². The van der Waals surface area contributed by atoms with E-state index >= 15 is 0 Å². The van der Waals surface area contributed by atoms with E-state index in [-0.39, 0.29) is 43.7 Å². The second-order valence-electron chi connectivity index (χ2n) is 26.4. The first kappa shape index (κ1) is 102. The Bertz CT molecular complexity index is 3840. The van der Waals surface area contributed by atoms with Crippen LogP contribution in [0.1, 0.15) is 89.7 Å². The van der Waals surface area contributed by atoms with Gasteiger partial charge in [-0.25, -0.2) is 0 Å². The largest absolute Gasteiger partial charge is 0.508 e. The number of carboxylic acids is 2. The van der Waals surface area contributed by atoms with Crippen LogP contribution < -0.4 is 108 Å². The van der Waals surface area contributed by atoms with Gasteiger partial charge in [0.2, 0.25) is 100 Å². The summed E-state index contributed by atoms with van der Waals surface area (Å²) in [6, 6.07) is -10.4. The number of aliphatic hydroxyl groups is 2. The minimum Gasteiger partial charge on any atom is -0.508 e. The molecule has 0 aromatic heterocycles. The topological polar surface area (TPSA) is 760 Å². The highest BCUT2D eigenvalue weighted by atomic mass is 32.1. The molecule has 49 heteroatoms. The van der Waals surface area contributed by atoms with Crippen LogP contribution in [-0.2, 0) is 104 Å². The number of benzene rings is 2. The molecule has 0 unspecified atom stereocenters. The number of rotatable bonds is 54. The van der Waals surface area contributed by atoms with Crippen LogP contribution in [0.5, 0.6) is 5.75 Å². The standard InChI is InChI=1S/C68H103N21O24S4/c1-30(67(112)113)77-59(104)41(23-34-11-13-35(92)14-12-34)78-50(96)25-76-55(100)38(17-20-51(97)98)82-65(110)52(31(2)90)89-66(111)53(32(3)91)88-58(103)37(10-7-21-75-68(73)74)79-61(106)44(27-115)85-56(101)39(15-18-47(70)93)80-60(105)42(22-33-8-5-4-6-9-33)83-63(108)46(29-117)86-57(102)40(16-19-48(71)94)81-62(107)45(28-116)87-64(109)43(26-114)84-54(99)36(69)24-49(72)95/h4-6,8-9,11-14,30-32,36-46,52-53,90-92,114-117H,7,10,15-29,69H2,1-3H3,(H2,70,93)(H2,71,94)(H2,72,95)(H,76,100)(H,77,104)(H,78,96)(H,79,106)(H,80,105)(H,81,107)(H,82,110)(H,83,108)(H,84,99)(H,85,101)(H,86,102)(H,87,109)(H,88,103)(H,89,111)(H,97,98)(H,112,113)(H4,73,74,75)/t30-,31+,32+,36-,37-,38-,39-,40-,41-,42-,43-,44-,45-,46-,52-,53-/m0/s1. The molecule has 0 fully saturated rings. The molecule has 0 aliphatic heterocycles. The molecule has 2 rings (SSSR count). The first-order chi connectivity index (χ1) is 54.9. The summed E-state index contributed by atoms with van der Waals surface area (Å²) in [5, 5.41) is 92.7. The number of hydrogen-bond donors (Lipinski definition) is 30. The molecule has 16 atom stereocenters. The number of amides is 17. The van der Waals surface area contributed by atoms with Gasteiger partial charge in [0.1, 0.15) is 84.3 Å². The molecule has 2 aromatic rings. The molecule has 0 saturated heterocycles. The van der Waals surface area contributed by atoms with E-state index in [1.54, 1.807) is 30.3 Å². The SMILES string of the molecule is C[C@H](NC(=O)[C@H](Cc1ccc(O)cc1)NC(=O)CNC(=O)[C@H](CCC(=O)O)NC(=O)[C@@H](NC(=O)[C@@H](NC(=O)[C@H](CCCNC(=N)N)NC(=O)[C@H](CS)NC(=O)[C@H](CCC(N)=O)NC(=O)[C@H](Cc1ccccc1)NC(=O)[C@H](CS)NC(=O)[C@H](CCC(N)=O)NC(=O)[C@H](CS)NC(=O)[C@H](CS)NC(=O)[C@@H](N)CC(N)=O)[C@@H](C)O)[C@@H](C)O)C(=O)O. The Morgan fingerprint density at radius 3 is 1.15 bits per heavy atom. The molecule has 45 nitrogen and oxygen atoms in total. The third-order valence-electron chi connectivity index (χ3n) is 16.8. The lowest BCUT2D eigenvalue weighted by Crippen LogP contribution is -2.63. The number of aliphatic hydroxyl groups excluding tert-OH is 2. The Hall–Kier alpha value is -11.3. The summed E-state index contributed by atoms with van der Waals surface area (Å²) in [5.74, 6) is -24.3. The van der Waals surface area contributed by atoms with Crippen molar-refractivity contribution in [1.29, 1.82) is 5.41 Å². The number of carboxylic acid groups (broad SMARTS) is 2. The Morgan fingerprint density at radius 1 is 0.393 bits per heavy atom. The van der Waals surface area contributed by atoms with E-state index in [0.29, 0.717) is 11.1 Å². The van der Waals surface area contributed by atoms with E-state index in [4.69, 9.17) is 34.1 Å². The minimum absolute atomic E-state index is 0.0957. The van der Waals surface area contributed by atoms with Gasteiger partial charge in [0, 0.05) is 61.7 Å². The van der Waals surface area contributed by atoms with Crippen molar-refractivity contribution in [3.8, 4) is 5.75 Å². The van der Waals surface area contributed by atoms with Crippen LogP contribution in [0.2, 0.25) is 0 Å². The summed E-state index contributed by atoms with van der Waals surface area (Å²) in [7, 11) is 0. The number of aliphatic carboxylic acids is 2. The van der Waals surface area contributed by atoms with Gasteiger partial charge in [-0.05, 0) is 76.1 Å². The maximum absolute atomic E-state index is 14.5. The summed E-state index contributed by atoms with van der Waals surface area (Å²) in [5.41, 5.74) is 27.9. The zero-order valence-corrected chi connectivity index (χ0v) is 67.2. The van der Waals surface area contributed by atoms with E-state index in [2.05, 4.69) is 130 Å². The monoisotopic (exact) mass is 1730 g/mol. The van der Waals surface area contributed by atoms with Crippen LogP contribution in [0, 0.1) is 5.41 Å². The summed E-state index contributed by atoms with van der Waals surface area (Å²) >= 11 is 16.6. The molecule has 0 aliphatic carbocycles. The first-order valence-corrected chi connectivity index (χ1v) is 38.4. The normalized spacial score (nSPS) is 15.0. The van der Waals surface area contributed by atoms with Crippen LogP contribution in [0.15, 0.2) is 54.6 Å². The molecule has 0 spiro atoms. The third kappa shape index (κ3) is 38.4. The number of carbonyl (C=O) groups is 19. The van der Waals surface area contributed by atoms with Gasteiger partial charge in [-0.15, -0.1) is 0 Å². The molecule has 648 valence electrons. The lowest BCUT2D eigenvalue weighted by atomic mass is 10.0. The Balaban J connectivity index is 2.46. The number of phenolic OH excluding ortho intramolecular Hbond substituents is 1. The second kappa shape index (κ2) is 52.3. The van der Waals surface area contributed by atoms with E-state index in [1.807, 2.05) is 0 Å². The summed E-state index contributed by atoms with van der Waals surface area (Å²) in [6.45, 7) is 2.08. The average molecular weight is 1730 g/mol. The van der Waals surface area contributed by atoms with Crippen molar-refractivity contribution in [3.05, 3.63) is 65.7 Å². The molecule has 2 aromatic carbocycles. The van der Waals surface area contributed by atoms with Gasteiger partial charge >= 0.3 is 11.9 Å². The number of nitrogens with two attached hydrogens (primary N) is 5. The van der Waals surface area contributed by atoms with E-state index in [1.165, 1.54) is 24.3 Å². The summed E-state index contributed by atoms with van der Waals surface area (Å²) in [6.07, 6.45) is -9.08. The molecular formula is C68H103N21O24S4. The lowest BCUT2D eigenvalue weighted by Gasteiger charge is -2.29. The lowest BCUT2D eigenvalue weighted by molar-refractivity contribution is -0.142. The smallest absolute Gasteiger partial charge is 0.325 e. The number of guanidine groups is 1. The number of aromatic hydroxyl groups is 1. The number of thiol groups is 4. The van der Waals surface area contributed by atoms with E-state index in [9.17, 15) is 117 Å². The minimum atomic E-state index is -2.08. The van der Waals surface area contributed by atoms with Crippen LogP contribution in [0.3, 0.4) is 0 Å². The van der Waals surface area contributed by atoms with Crippen molar-refractivity contribution in [2.75, 3.05) is 36.1 Å². The van der Waals surface area contributed by atoms with Gasteiger partial charge < -0.3 is 134 Å². The number of nitrogens with one attached hydrogen (secondary N) is 16. The predicted molar refractivity (Wildman–Crippen MR) is 427 cm³/mol. The van der Waals surface area contributed by atoms with Crippen LogP contribution in [-0.4, -0.2) is 277 Å². The zero-order chi connectivity index (χ0) is 88.5. The second-order valence-corrected chi connectivity index (χ2v) is 27.9. The van der Waals surface area contributed by atoms with Gasteiger partial charge in [0.15, 0.2) is 5.96 Å². The summed E-state index contributed by atoms with van der Waals surface area (Å²) in [4.78, 5) is 252. The average Bonchev–Trinajstić information content (AvgIpc) is 0.883. The van der Waals surface area contributed by atoms with Gasteiger partial charge in [0.25, 0.3) is 0 Å². The maximum Gasteiger partial charge on any atom is 0.325 e.